The van der Waals surface area contributed by atoms with E-state index in [0.717, 1.165) is 24.9 Å². The highest BCUT2D eigenvalue weighted by Gasteiger charge is 2.33. The third kappa shape index (κ3) is 4.54. The van der Waals surface area contributed by atoms with E-state index in [1.165, 1.54) is 6.26 Å². The van der Waals surface area contributed by atoms with Crippen LogP contribution in [0.5, 0.6) is 0 Å². The lowest BCUT2D eigenvalue weighted by atomic mass is 9.99. The van der Waals surface area contributed by atoms with Gasteiger partial charge in [0, 0.05) is 25.7 Å². The summed E-state index contributed by atoms with van der Waals surface area (Å²) in [5.41, 5.74) is 1.69. The van der Waals surface area contributed by atoms with Crippen LogP contribution in [0.2, 0.25) is 0 Å². The molecule has 0 radical (unpaired) electrons. The molecule has 1 aromatic rings. The van der Waals surface area contributed by atoms with Gasteiger partial charge in [-0.15, -0.1) is 0 Å². The number of hydrogen-bond donors (Lipinski definition) is 1. The van der Waals surface area contributed by atoms with E-state index in [4.69, 9.17) is 0 Å². The van der Waals surface area contributed by atoms with Gasteiger partial charge in [0.2, 0.25) is 10.0 Å². The molecule has 0 saturated carbocycles. The first-order chi connectivity index (χ1) is 10.4. The maximum Gasteiger partial charge on any atom is 0.209 e. The minimum Gasteiger partial charge on any atom is -0.297 e. The van der Waals surface area contributed by atoms with Crippen LogP contribution >= 0.6 is 0 Å². The van der Waals surface area contributed by atoms with Crippen LogP contribution in [0, 0.1) is 17.2 Å². The van der Waals surface area contributed by atoms with Crippen LogP contribution in [0.15, 0.2) is 24.3 Å². The molecule has 0 amide bonds. The molecule has 2 rings (SSSR count). The van der Waals surface area contributed by atoms with Gasteiger partial charge in [0.15, 0.2) is 0 Å². The molecule has 0 spiro atoms. The van der Waals surface area contributed by atoms with Gasteiger partial charge in [0.1, 0.15) is 0 Å². The summed E-state index contributed by atoms with van der Waals surface area (Å²) < 4.78 is 25.8. The molecular weight excluding hydrogens is 298 g/mol. The average Bonchev–Trinajstić information content (AvgIpc) is 2.79. The Kier molecular flexibility index (Phi) is 5.57. The van der Waals surface area contributed by atoms with Crippen LogP contribution in [0.3, 0.4) is 0 Å². The Bertz CT molecular complexity index is 652. The topological polar surface area (TPSA) is 73.2 Å². The fourth-order valence-corrected chi connectivity index (χ4v) is 3.99. The van der Waals surface area contributed by atoms with Crippen molar-refractivity contribution in [2.75, 3.05) is 19.3 Å². The van der Waals surface area contributed by atoms with Crippen molar-refractivity contribution >= 4 is 10.0 Å². The molecule has 0 aromatic heterocycles. The minimum atomic E-state index is -3.20. The number of benzene rings is 1. The molecule has 1 N–H and O–H groups in total. The second-order valence-electron chi connectivity index (χ2n) is 6.01. The average molecular weight is 321 g/mol. The molecule has 1 saturated heterocycles. The van der Waals surface area contributed by atoms with Crippen molar-refractivity contribution in [3.05, 3.63) is 35.4 Å². The monoisotopic (exact) mass is 321 g/mol. The van der Waals surface area contributed by atoms with Crippen molar-refractivity contribution in [2.24, 2.45) is 5.92 Å². The van der Waals surface area contributed by atoms with Crippen molar-refractivity contribution in [3.63, 3.8) is 0 Å². The molecule has 1 aliphatic heterocycles. The minimum absolute atomic E-state index is 0.0378. The van der Waals surface area contributed by atoms with Gasteiger partial charge in [0.05, 0.1) is 17.9 Å². The van der Waals surface area contributed by atoms with Crippen molar-refractivity contribution in [3.8, 4) is 6.07 Å². The van der Waals surface area contributed by atoms with E-state index in [9.17, 15) is 13.7 Å². The van der Waals surface area contributed by atoms with Gasteiger partial charge in [-0.05, 0) is 24.0 Å². The van der Waals surface area contributed by atoms with Crippen LogP contribution in [-0.4, -0.2) is 38.7 Å². The predicted molar refractivity (Wildman–Crippen MR) is 86.6 cm³/mol. The van der Waals surface area contributed by atoms with Crippen LogP contribution in [0.4, 0.5) is 0 Å². The zero-order valence-corrected chi connectivity index (χ0v) is 13.9. The van der Waals surface area contributed by atoms with E-state index >= 15 is 0 Å². The largest absolute Gasteiger partial charge is 0.297 e. The summed E-state index contributed by atoms with van der Waals surface area (Å²) in [6.07, 6.45) is 3.25. The summed E-state index contributed by atoms with van der Waals surface area (Å²) in [5, 5.41) is 9.17. The predicted octanol–water partition coefficient (Wildman–Crippen LogP) is 1.71. The first kappa shape index (κ1) is 16.9. The van der Waals surface area contributed by atoms with Gasteiger partial charge in [0.25, 0.3) is 0 Å². The zero-order valence-electron chi connectivity index (χ0n) is 13.1. The second kappa shape index (κ2) is 7.23. The number of nitrogens with zero attached hydrogens (tertiary/aromatic N) is 2. The maximum atomic E-state index is 11.5. The molecule has 1 fully saturated rings. The Balaban J connectivity index is 2.09. The van der Waals surface area contributed by atoms with E-state index < -0.39 is 10.0 Å². The van der Waals surface area contributed by atoms with E-state index in [1.54, 1.807) is 0 Å². The molecule has 1 aromatic carbocycles. The molecule has 6 heteroatoms. The molecule has 22 heavy (non-hydrogen) atoms. The van der Waals surface area contributed by atoms with E-state index in [2.05, 4.69) is 22.6 Å². The van der Waals surface area contributed by atoms with Crippen LogP contribution in [0.1, 0.15) is 30.9 Å². The number of sulfonamides is 1. The molecule has 5 nitrogen and oxygen atoms in total. The smallest absolute Gasteiger partial charge is 0.209 e. The summed E-state index contributed by atoms with van der Waals surface area (Å²) in [7, 11) is -3.20. The molecule has 1 aliphatic rings. The van der Waals surface area contributed by atoms with Crippen molar-refractivity contribution in [1.29, 1.82) is 5.26 Å². The van der Waals surface area contributed by atoms with Gasteiger partial charge in [-0.2, -0.15) is 5.26 Å². The Morgan fingerprint density at radius 1 is 1.36 bits per heavy atom. The van der Waals surface area contributed by atoms with E-state index in [-0.39, 0.29) is 6.04 Å². The Hall–Kier alpha value is -1.42. The number of likely N-dealkylation sites (tertiary alicyclic amines) is 1. The Morgan fingerprint density at radius 2 is 2.09 bits per heavy atom. The molecule has 0 aliphatic carbocycles. The normalized spacial score (nSPS) is 22.6. The van der Waals surface area contributed by atoms with Gasteiger partial charge in [-0.25, -0.2) is 13.1 Å². The number of hydrogen-bond acceptors (Lipinski definition) is 4. The van der Waals surface area contributed by atoms with Crippen molar-refractivity contribution < 1.29 is 8.42 Å². The SMILES string of the molecule is CCC[C@H]1CN(Cc2ccccc2C#N)C[C@@H]1NS(C)(=O)=O. The first-order valence-corrected chi connectivity index (χ1v) is 9.49. The second-order valence-corrected chi connectivity index (χ2v) is 7.79. The molecule has 0 unspecified atom stereocenters. The lowest BCUT2D eigenvalue weighted by Gasteiger charge is -2.17. The highest BCUT2D eigenvalue weighted by atomic mass is 32.2. The summed E-state index contributed by atoms with van der Waals surface area (Å²) >= 11 is 0. The lowest BCUT2D eigenvalue weighted by Crippen LogP contribution is -2.39. The highest BCUT2D eigenvalue weighted by molar-refractivity contribution is 7.88. The third-order valence-electron chi connectivity index (χ3n) is 4.07. The van der Waals surface area contributed by atoms with E-state index in [0.29, 0.717) is 24.6 Å². The quantitative estimate of drug-likeness (QED) is 0.865. The van der Waals surface area contributed by atoms with Crippen molar-refractivity contribution in [1.82, 2.24) is 9.62 Å². The van der Waals surface area contributed by atoms with Gasteiger partial charge < -0.3 is 0 Å². The molecule has 2 atom stereocenters. The van der Waals surface area contributed by atoms with Gasteiger partial charge in [-0.1, -0.05) is 31.5 Å². The number of nitrogens with one attached hydrogen (secondary N) is 1. The molecule has 120 valence electrons. The standard InChI is InChI=1S/C16H23N3O2S/c1-3-6-15-11-19(12-16(15)18-22(2,20)21)10-14-8-5-4-7-13(14)9-17/h4-5,7-8,15-16,18H,3,6,10-12H2,1-2H3/t15-,16-/m0/s1. The maximum absolute atomic E-state index is 11.5. The zero-order chi connectivity index (χ0) is 16.2. The first-order valence-electron chi connectivity index (χ1n) is 7.60. The molecule has 1 heterocycles. The Morgan fingerprint density at radius 3 is 2.73 bits per heavy atom. The van der Waals surface area contributed by atoms with E-state index in [1.807, 2.05) is 24.3 Å². The number of nitriles is 1. The molecular formula is C16H23N3O2S. The highest BCUT2D eigenvalue weighted by Crippen LogP contribution is 2.24. The summed E-state index contributed by atoms with van der Waals surface area (Å²) in [6, 6.07) is 9.76. The summed E-state index contributed by atoms with van der Waals surface area (Å²) in [4.78, 5) is 2.24. The van der Waals surface area contributed by atoms with Crippen molar-refractivity contribution in [2.45, 2.75) is 32.4 Å². The summed E-state index contributed by atoms with van der Waals surface area (Å²) in [6.45, 7) is 4.36. The van der Waals surface area contributed by atoms with Gasteiger partial charge >= 0.3 is 0 Å². The third-order valence-corrected chi connectivity index (χ3v) is 4.80. The van der Waals surface area contributed by atoms with Crippen LogP contribution < -0.4 is 4.72 Å². The fraction of sp³-hybridized carbons (Fsp3) is 0.562. The summed E-state index contributed by atoms with van der Waals surface area (Å²) in [5.74, 6) is 0.328. The fourth-order valence-electron chi connectivity index (χ4n) is 3.17. The van der Waals surface area contributed by atoms with Gasteiger partial charge in [-0.3, -0.25) is 4.90 Å². The van der Waals surface area contributed by atoms with Crippen LogP contribution in [0.25, 0.3) is 0 Å². The molecule has 0 bridgehead atoms. The lowest BCUT2D eigenvalue weighted by molar-refractivity contribution is 0.312. The Labute approximate surface area is 133 Å². The number of rotatable bonds is 6. The van der Waals surface area contributed by atoms with Crippen LogP contribution in [-0.2, 0) is 16.6 Å².